The standard InChI is InChI=1S/C7H6FN3O2/c1-3-2-9-11-5(3)10-6(12)4(8)7(11)13/h2,13H,1H3,(H,10,12). The van der Waals surface area contributed by atoms with E-state index in [2.05, 4.69) is 10.1 Å². The number of aryl methyl sites for hydroxylation is 1. The predicted octanol–water partition coefficient (Wildman–Crippen LogP) is 0.176. The van der Waals surface area contributed by atoms with Gasteiger partial charge in [-0.3, -0.25) is 4.79 Å². The molecule has 2 rings (SSSR count). The van der Waals surface area contributed by atoms with Gasteiger partial charge in [-0.25, -0.2) is 0 Å². The van der Waals surface area contributed by atoms with Crippen LogP contribution in [0.4, 0.5) is 4.39 Å². The molecule has 0 aliphatic heterocycles. The third-order valence-electron chi connectivity index (χ3n) is 1.78. The molecule has 0 amide bonds. The van der Waals surface area contributed by atoms with E-state index in [9.17, 15) is 9.18 Å². The van der Waals surface area contributed by atoms with Crippen molar-refractivity contribution in [2.45, 2.75) is 6.92 Å². The van der Waals surface area contributed by atoms with Crippen LogP contribution in [-0.4, -0.2) is 19.7 Å². The molecular weight excluding hydrogens is 177 g/mol. The lowest BCUT2D eigenvalue weighted by Crippen LogP contribution is -2.13. The van der Waals surface area contributed by atoms with Crippen molar-refractivity contribution in [1.29, 1.82) is 0 Å². The highest BCUT2D eigenvalue weighted by atomic mass is 19.1. The van der Waals surface area contributed by atoms with Crippen LogP contribution in [0.2, 0.25) is 0 Å². The number of aromatic amines is 1. The van der Waals surface area contributed by atoms with Gasteiger partial charge in [0.05, 0.1) is 6.20 Å². The summed E-state index contributed by atoms with van der Waals surface area (Å²) in [5.41, 5.74) is 0.00454. The van der Waals surface area contributed by atoms with Crippen LogP contribution in [0.15, 0.2) is 11.0 Å². The van der Waals surface area contributed by atoms with Crippen molar-refractivity contribution in [1.82, 2.24) is 14.6 Å². The average Bonchev–Trinajstić information content (AvgIpc) is 2.45. The minimum Gasteiger partial charge on any atom is -0.491 e. The molecule has 0 fully saturated rings. The molecule has 0 spiro atoms. The fourth-order valence-electron chi connectivity index (χ4n) is 1.10. The lowest BCUT2D eigenvalue weighted by atomic mass is 10.4. The summed E-state index contributed by atoms with van der Waals surface area (Å²) < 4.78 is 13.8. The van der Waals surface area contributed by atoms with Gasteiger partial charge in [-0.2, -0.15) is 14.0 Å². The summed E-state index contributed by atoms with van der Waals surface area (Å²) in [6, 6.07) is 0. The third-order valence-corrected chi connectivity index (χ3v) is 1.78. The molecule has 0 aliphatic carbocycles. The highest BCUT2D eigenvalue weighted by Crippen LogP contribution is 2.13. The van der Waals surface area contributed by atoms with Crippen molar-refractivity contribution in [3.63, 3.8) is 0 Å². The molecule has 0 unspecified atom stereocenters. The maximum atomic E-state index is 12.8. The van der Waals surface area contributed by atoms with Gasteiger partial charge in [0.1, 0.15) is 5.65 Å². The maximum Gasteiger partial charge on any atom is 0.291 e. The summed E-state index contributed by atoms with van der Waals surface area (Å²) in [5, 5.41) is 12.8. The number of halogens is 1. The molecule has 0 saturated carbocycles. The Labute approximate surface area is 71.4 Å². The van der Waals surface area contributed by atoms with E-state index in [1.807, 2.05) is 0 Å². The Morgan fingerprint density at radius 1 is 1.69 bits per heavy atom. The van der Waals surface area contributed by atoms with E-state index in [1.54, 1.807) is 6.92 Å². The van der Waals surface area contributed by atoms with Crippen LogP contribution in [-0.2, 0) is 0 Å². The molecule has 0 aliphatic rings. The molecule has 13 heavy (non-hydrogen) atoms. The highest BCUT2D eigenvalue weighted by Gasteiger charge is 2.12. The second-order valence-corrected chi connectivity index (χ2v) is 2.68. The predicted molar refractivity (Wildman–Crippen MR) is 42.2 cm³/mol. The maximum absolute atomic E-state index is 12.8. The lowest BCUT2D eigenvalue weighted by molar-refractivity contribution is 0.390. The van der Waals surface area contributed by atoms with Gasteiger partial charge in [-0.05, 0) is 6.92 Å². The molecule has 2 N–H and O–H groups in total. The molecule has 2 aromatic rings. The van der Waals surface area contributed by atoms with Crippen molar-refractivity contribution in [2.24, 2.45) is 0 Å². The zero-order valence-electron chi connectivity index (χ0n) is 6.71. The second kappa shape index (κ2) is 2.32. The Morgan fingerprint density at radius 3 is 3.08 bits per heavy atom. The van der Waals surface area contributed by atoms with Crippen molar-refractivity contribution in [3.8, 4) is 5.88 Å². The number of hydrogen-bond donors (Lipinski definition) is 2. The van der Waals surface area contributed by atoms with Crippen molar-refractivity contribution < 1.29 is 9.50 Å². The summed E-state index contributed by atoms with van der Waals surface area (Å²) in [6.07, 6.45) is 1.42. The molecule has 0 atom stereocenters. The van der Waals surface area contributed by atoms with Gasteiger partial charge in [0, 0.05) is 5.56 Å². The van der Waals surface area contributed by atoms with E-state index in [1.165, 1.54) is 6.20 Å². The van der Waals surface area contributed by atoms with Gasteiger partial charge < -0.3 is 10.1 Å². The quantitative estimate of drug-likeness (QED) is 0.611. The zero-order chi connectivity index (χ0) is 9.59. The fraction of sp³-hybridized carbons (Fsp3) is 0.143. The summed E-state index contributed by atoms with van der Waals surface area (Å²) in [4.78, 5) is 13.1. The average molecular weight is 183 g/mol. The van der Waals surface area contributed by atoms with E-state index in [4.69, 9.17) is 5.11 Å². The largest absolute Gasteiger partial charge is 0.491 e. The van der Waals surface area contributed by atoms with Gasteiger partial charge in [-0.1, -0.05) is 0 Å². The normalized spacial score (nSPS) is 10.9. The Bertz CT molecular complexity index is 528. The fourth-order valence-corrected chi connectivity index (χ4v) is 1.10. The molecule has 0 bridgehead atoms. The molecule has 68 valence electrons. The molecular formula is C7H6FN3O2. The van der Waals surface area contributed by atoms with E-state index < -0.39 is 17.3 Å². The molecule has 6 heteroatoms. The number of rotatable bonds is 0. The first-order valence-corrected chi connectivity index (χ1v) is 3.56. The summed E-state index contributed by atoms with van der Waals surface area (Å²) in [5.74, 6) is -2.00. The number of hydrogen-bond acceptors (Lipinski definition) is 3. The van der Waals surface area contributed by atoms with Crippen molar-refractivity contribution in [2.75, 3.05) is 0 Å². The van der Waals surface area contributed by atoms with Crippen LogP contribution in [0.3, 0.4) is 0 Å². The van der Waals surface area contributed by atoms with Gasteiger partial charge in [-0.15, -0.1) is 0 Å². The van der Waals surface area contributed by atoms with Gasteiger partial charge in [0.25, 0.3) is 11.4 Å². The molecule has 5 nitrogen and oxygen atoms in total. The first-order valence-electron chi connectivity index (χ1n) is 3.56. The molecule has 0 radical (unpaired) electrons. The van der Waals surface area contributed by atoms with Gasteiger partial charge in [0.15, 0.2) is 0 Å². The third kappa shape index (κ3) is 0.915. The minimum atomic E-state index is -1.23. The number of H-pyrrole nitrogens is 1. The molecule has 0 saturated heterocycles. The molecule has 2 heterocycles. The topological polar surface area (TPSA) is 70.4 Å². The molecule has 0 aromatic carbocycles. The second-order valence-electron chi connectivity index (χ2n) is 2.68. The first-order chi connectivity index (χ1) is 6.11. The Kier molecular flexibility index (Phi) is 1.39. The van der Waals surface area contributed by atoms with Gasteiger partial charge >= 0.3 is 0 Å². The Hall–Kier alpha value is -1.85. The first kappa shape index (κ1) is 7.78. The number of aromatic hydroxyl groups is 1. The van der Waals surface area contributed by atoms with Crippen LogP contribution in [0.1, 0.15) is 5.56 Å². The number of nitrogens with one attached hydrogen (secondary N) is 1. The minimum absolute atomic E-state index is 0.295. The SMILES string of the molecule is Cc1cnn2c(O)c(F)c(=O)[nH]c12. The summed E-state index contributed by atoms with van der Waals surface area (Å²) >= 11 is 0. The van der Waals surface area contributed by atoms with Gasteiger partial charge in [0.2, 0.25) is 5.82 Å². The van der Waals surface area contributed by atoms with Crippen LogP contribution in [0.25, 0.3) is 5.65 Å². The van der Waals surface area contributed by atoms with Crippen LogP contribution in [0.5, 0.6) is 5.88 Å². The van der Waals surface area contributed by atoms with Crippen molar-refractivity contribution >= 4 is 5.65 Å². The molecule has 2 aromatic heterocycles. The van der Waals surface area contributed by atoms with E-state index in [-0.39, 0.29) is 0 Å². The highest BCUT2D eigenvalue weighted by molar-refractivity contribution is 5.46. The monoisotopic (exact) mass is 183 g/mol. The van der Waals surface area contributed by atoms with E-state index in [0.29, 0.717) is 11.2 Å². The summed E-state index contributed by atoms with van der Waals surface area (Å²) in [7, 11) is 0. The smallest absolute Gasteiger partial charge is 0.291 e. The lowest BCUT2D eigenvalue weighted by Gasteiger charge is -1.97. The number of nitrogens with zero attached hydrogens (tertiary/aromatic N) is 2. The van der Waals surface area contributed by atoms with Crippen LogP contribution < -0.4 is 5.56 Å². The van der Waals surface area contributed by atoms with Crippen LogP contribution >= 0.6 is 0 Å². The van der Waals surface area contributed by atoms with E-state index in [0.717, 1.165) is 4.52 Å². The van der Waals surface area contributed by atoms with E-state index >= 15 is 0 Å². The van der Waals surface area contributed by atoms with Crippen LogP contribution in [0, 0.1) is 12.7 Å². The Balaban J connectivity index is 3.05. The number of fused-ring (bicyclic) bond motifs is 1. The Morgan fingerprint density at radius 2 is 2.38 bits per heavy atom. The zero-order valence-corrected chi connectivity index (χ0v) is 6.71. The summed E-state index contributed by atoms with van der Waals surface area (Å²) in [6.45, 7) is 1.69. The van der Waals surface area contributed by atoms with Crippen molar-refractivity contribution in [3.05, 3.63) is 27.9 Å². The number of aromatic nitrogens is 3.